The molecule has 0 atom stereocenters. The average Bonchev–Trinajstić information content (AvgIpc) is 3.07. The fraction of sp³-hybridized carbons (Fsp3) is 0.133. The van der Waals surface area contributed by atoms with Crippen molar-refractivity contribution < 1.29 is 14.3 Å². The van der Waals surface area contributed by atoms with E-state index in [0.717, 1.165) is 22.4 Å². The smallest absolute Gasteiger partial charge is 0.198 e. The van der Waals surface area contributed by atoms with Crippen LogP contribution in [0.2, 0.25) is 0 Å². The highest BCUT2D eigenvalue weighted by Crippen LogP contribution is 2.28. The summed E-state index contributed by atoms with van der Waals surface area (Å²) < 4.78 is 10.4. The van der Waals surface area contributed by atoms with Crippen molar-refractivity contribution in [1.82, 2.24) is 4.98 Å². The summed E-state index contributed by atoms with van der Waals surface area (Å²) in [5.41, 5.74) is 1.48. The van der Waals surface area contributed by atoms with Crippen molar-refractivity contribution in [3.05, 3.63) is 47.9 Å². The molecule has 1 aromatic carbocycles. The van der Waals surface area contributed by atoms with Crippen LogP contribution in [0, 0.1) is 0 Å². The number of fused-ring (bicyclic) bond motifs is 1. The first-order chi connectivity index (χ1) is 9.78. The number of furan rings is 1. The molecule has 0 fully saturated rings. The van der Waals surface area contributed by atoms with E-state index in [9.17, 15) is 5.11 Å². The van der Waals surface area contributed by atoms with Gasteiger partial charge in [-0.25, -0.2) is 0 Å². The van der Waals surface area contributed by atoms with E-state index in [-0.39, 0.29) is 5.88 Å². The van der Waals surface area contributed by atoms with Gasteiger partial charge in [-0.1, -0.05) is 0 Å². The number of hydrogen-bond acceptors (Lipinski definition) is 4. The van der Waals surface area contributed by atoms with Crippen molar-refractivity contribution in [2.75, 3.05) is 7.11 Å². The number of rotatable bonds is 4. The van der Waals surface area contributed by atoms with Crippen LogP contribution in [0.4, 0.5) is 0 Å². The SMILES string of the molecule is COc1ccc2[nH]c(O)c(C=NCc3ccco3)c2c1. The number of aromatic nitrogens is 1. The van der Waals surface area contributed by atoms with Crippen LogP contribution in [0.1, 0.15) is 11.3 Å². The number of nitrogens with zero attached hydrogens (tertiary/aromatic N) is 1. The maximum atomic E-state index is 9.94. The lowest BCUT2D eigenvalue weighted by Crippen LogP contribution is -1.84. The van der Waals surface area contributed by atoms with E-state index in [1.807, 2.05) is 30.3 Å². The molecule has 0 aliphatic carbocycles. The molecule has 0 bridgehead atoms. The van der Waals surface area contributed by atoms with Crippen molar-refractivity contribution >= 4 is 17.1 Å². The zero-order valence-electron chi connectivity index (χ0n) is 11.0. The van der Waals surface area contributed by atoms with Crippen LogP contribution < -0.4 is 4.74 Å². The predicted molar refractivity (Wildman–Crippen MR) is 76.5 cm³/mol. The maximum Gasteiger partial charge on any atom is 0.198 e. The number of ether oxygens (including phenoxy) is 1. The molecule has 20 heavy (non-hydrogen) atoms. The first kappa shape index (κ1) is 12.3. The van der Waals surface area contributed by atoms with Gasteiger partial charge in [0.15, 0.2) is 5.88 Å². The van der Waals surface area contributed by atoms with E-state index >= 15 is 0 Å². The molecule has 0 amide bonds. The summed E-state index contributed by atoms with van der Waals surface area (Å²) in [6, 6.07) is 9.23. The van der Waals surface area contributed by atoms with E-state index < -0.39 is 0 Å². The Bertz CT molecular complexity index is 742. The van der Waals surface area contributed by atoms with Gasteiger partial charge in [0.2, 0.25) is 0 Å². The van der Waals surface area contributed by atoms with Gasteiger partial charge in [0, 0.05) is 17.1 Å². The van der Waals surface area contributed by atoms with Gasteiger partial charge in [-0.3, -0.25) is 4.99 Å². The maximum absolute atomic E-state index is 9.94. The van der Waals surface area contributed by atoms with E-state index in [1.54, 1.807) is 19.6 Å². The quantitative estimate of drug-likeness (QED) is 0.716. The summed E-state index contributed by atoms with van der Waals surface area (Å²) in [6.07, 6.45) is 3.25. The number of hydrogen-bond donors (Lipinski definition) is 2. The molecule has 0 saturated heterocycles. The molecule has 0 saturated carbocycles. The van der Waals surface area contributed by atoms with E-state index in [1.165, 1.54) is 0 Å². The molecule has 0 radical (unpaired) electrons. The van der Waals surface area contributed by atoms with E-state index in [2.05, 4.69) is 9.98 Å². The lowest BCUT2D eigenvalue weighted by molar-refractivity contribution is 0.415. The third-order valence-corrected chi connectivity index (χ3v) is 3.07. The monoisotopic (exact) mass is 270 g/mol. The van der Waals surface area contributed by atoms with Crippen LogP contribution in [0.15, 0.2) is 46.0 Å². The van der Waals surface area contributed by atoms with Crippen LogP contribution in [-0.2, 0) is 6.54 Å². The van der Waals surface area contributed by atoms with E-state index in [0.29, 0.717) is 12.1 Å². The van der Waals surface area contributed by atoms with Crippen molar-refractivity contribution in [1.29, 1.82) is 0 Å². The van der Waals surface area contributed by atoms with Crippen LogP contribution in [-0.4, -0.2) is 23.4 Å². The fourth-order valence-electron chi connectivity index (χ4n) is 2.06. The minimum absolute atomic E-state index is 0.0939. The first-order valence-electron chi connectivity index (χ1n) is 6.19. The Morgan fingerprint density at radius 1 is 1.40 bits per heavy atom. The summed E-state index contributed by atoms with van der Waals surface area (Å²) in [5.74, 6) is 1.60. The van der Waals surface area contributed by atoms with Gasteiger partial charge in [0.05, 0.1) is 25.5 Å². The third-order valence-electron chi connectivity index (χ3n) is 3.07. The third kappa shape index (κ3) is 2.25. The van der Waals surface area contributed by atoms with Gasteiger partial charge in [0.25, 0.3) is 0 Å². The molecule has 0 aliphatic heterocycles. The molecule has 102 valence electrons. The fourth-order valence-corrected chi connectivity index (χ4v) is 2.06. The Morgan fingerprint density at radius 2 is 2.30 bits per heavy atom. The van der Waals surface area contributed by atoms with Crippen LogP contribution in [0.3, 0.4) is 0 Å². The molecule has 5 nitrogen and oxygen atoms in total. The highest BCUT2D eigenvalue weighted by atomic mass is 16.5. The minimum atomic E-state index is 0.0939. The molecule has 0 spiro atoms. The lowest BCUT2D eigenvalue weighted by Gasteiger charge is -1.99. The summed E-state index contributed by atoms with van der Waals surface area (Å²) in [5, 5.41) is 10.8. The molecule has 2 heterocycles. The first-order valence-corrected chi connectivity index (χ1v) is 6.19. The highest BCUT2D eigenvalue weighted by Gasteiger charge is 2.09. The minimum Gasteiger partial charge on any atom is -0.497 e. The number of methoxy groups -OCH3 is 1. The Labute approximate surface area is 115 Å². The molecular formula is C15H14N2O3. The Morgan fingerprint density at radius 3 is 3.05 bits per heavy atom. The van der Waals surface area contributed by atoms with Gasteiger partial charge in [0.1, 0.15) is 11.5 Å². The number of H-pyrrole nitrogens is 1. The Hall–Kier alpha value is -2.69. The Kier molecular flexibility index (Phi) is 3.16. The molecule has 3 rings (SSSR count). The largest absolute Gasteiger partial charge is 0.497 e. The summed E-state index contributed by atoms with van der Waals surface area (Å²) in [6.45, 7) is 0.434. The zero-order chi connectivity index (χ0) is 13.9. The van der Waals surface area contributed by atoms with Crippen LogP contribution >= 0.6 is 0 Å². The number of nitrogens with one attached hydrogen (secondary N) is 1. The van der Waals surface area contributed by atoms with E-state index in [4.69, 9.17) is 9.15 Å². The van der Waals surface area contributed by atoms with Gasteiger partial charge in [-0.05, 0) is 30.3 Å². The number of aliphatic imine (C=N–C) groups is 1. The topological polar surface area (TPSA) is 70.8 Å². The van der Waals surface area contributed by atoms with Gasteiger partial charge >= 0.3 is 0 Å². The zero-order valence-corrected chi connectivity index (χ0v) is 11.0. The molecule has 0 unspecified atom stereocenters. The van der Waals surface area contributed by atoms with Crippen molar-refractivity contribution in [3.63, 3.8) is 0 Å². The molecular weight excluding hydrogens is 256 g/mol. The highest BCUT2D eigenvalue weighted by molar-refractivity contribution is 6.02. The predicted octanol–water partition coefficient (Wildman–Crippen LogP) is 3.09. The molecule has 0 aliphatic rings. The summed E-state index contributed by atoms with van der Waals surface area (Å²) >= 11 is 0. The lowest BCUT2D eigenvalue weighted by atomic mass is 10.2. The summed E-state index contributed by atoms with van der Waals surface area (Å²) in [7, 11) is 1.61. The average molecular weight is 270 g/mol. The number of aromatic amines is 1. The second-order valence-corrected chi connectivity index (χ2v) is 4.35. The Balaban J connectivity index is 1.93. The van der Waals surface area contributed by atoms with Crippen LogP contribution in [0.25, 0.3) is 10.9 Å². The van der Waals surface area contributed by atoms with Crippen molar-refractivity contribution in [2.24, 2.45) is 4.99 Å². The summed E-state index contributed by atoms with van der Waals surface area (Å²) in [4.78, 5) is 7.19. The number of benzene rings is 1. The molecule has 5 heteroatoms. The van der Waals surface area contributed by atoms with Crippen LogP contribution in [0.5, 0.6) is 11.6 Å². The van der Waals surface area contributed by atoms with Crippen molar-refractivity contribution in [3.8, 4) is 11.6 Å². The molecule has 2 aromatic heterocycles. The van der Waals surface area contributed by atoms with Gasteiger partial charge in [-0.15, -0.1) is 0 Å². The van der Waals surface area contributed by atoms with Gasteiger partial charge < -0.3 is 19.2 Å². The number of aromatic hydroxyl groups is 1. The second-order valence-electron chi connectivity index (χ2n) is 4.35. The standard InChI is InChI=1S/C15H14N2O3/c1-19-10-4-5-14-12(7-10)13(15(18)17-14)9-16-8-11-3-2-6-20-11/h2-7,9,17-18H,8H2,1H3. The molecule has 2 N–H and O–H groups in total. The normalized spacial score (nSPS) is 11.4. The van der Waals surface area contributed by atoms with Crippen molar-refractivity contribution in [2.45, 2.75) is 6.54 Å². The second kappa shape index (κ2) is 5.13. The van der Waals surface area contributed by atoms with Gasteiger partial charge in [-0.2, -0.15) is 0 Å². The molecule has 3 aromatic rings.